The Morgan fingerprint density at radius 1 is 1.00 bits per heavy atom. The molecule has 9 nitrogen and oxygen atoms in total. The molecule has 2 aromatic rings. The second-order valence-electron chi connectivity index (χ2n) is 7.40. The Morgan fingerprint density at radius 3 is 2.17 bits per heavy atom. The van der Waals surface area contributed by atoms with Gasteiger partial charge >= 0.3 is 11.9 Å². The summed E-state index contributed by atoms with van der Waals surface area (Å²) in [6.45, 7) is 5.54. The molecule has 182 valence electrons. The number of ether oxygens (including phenoxy) is 2. The molecule has 0 aliphatic heterocycles. The summed E-state index contributed by atoms with van der Waals surface area (Å²) in [4.78, 5) is 41.1. The number of aromatic nitrogens is 1. The highest BCUT2D eigenvalue weighted by Crippen LogP contribution is 2.38. The van der Waals surface area contributed by atoms with Gasteiger partial charge in [0.2, 0.25) is 0 Å². The maximum absolute atomic E-state index is 13.0. The summed E-state index contributed by atoms with van der Waals surface area (Å²) in [5.41, 5.74) is 8.06. The van der Waals surface area contributed by atoms with Crippen molar-refractivity contribution in [2.45, 2.75) is 50.3 Å². The lowest BCUT2D eigenvalue weighted by Crippen LogP contribution is -2.24. The van der Waals surface area contributed by atoms with Gasteiger partial charge in [0.05, 0.1) is 36.9 Å². The van der Waals surface area contributed by atoms with E-state index in [1.807, 2.05) is 25.1 Å². The van der Waals surface area contributed by atoms with Crippen LogP contribution in [0, 0.1) is 29.6 Å². The Kier molecular flexibility index (Phi) is 10.2. The molecule has 35 heavy (non-hydrogen) atoms. The smallest absolute Gasteiger partial charge is 0.307 e. The molecular formula is C25H26N4O5S. The number of carbonyl (C=O) groups excluding carboxylic acids is 3. The van der Waals surface area contributed by atoms with Crippen LogP contribution in [0.15, 0.2) is 29.3 Å². The van der Waals surface area contributed by atoms with Gasteiger partial charge < -0.3 is 15.2 Å². The minimum absolute atomic E-state index is 0.0466. The molecule has 2 N–H and O–H groups in total. The van der Waals surface area contributed by atoms with Crippen LogP contribution in [0.4, 0.5) is 5.82 Å². The summed E-state index contributed by atoms with van der Waals surface area (Å²) in [5.74, 6) is -1.63. The number of thioether (sulfide) groups is 1. The van der Waals surface area contributed by atoms with Gasteiger partial charge in [-0.2, -0.15) is 10.5 Å². The number of Topliss-reactive ketones (excluding diaryl/α,β-unsaturated/α-hetero) is 1. The highest BCUT2D eigenvalue weighted by molar-refractivity contribution is 8.00. The summed E-state index contributed by atoms with van der Waals surface area (Å²) in [7, 11) is 0. The van der Waals surface area contributed by atoms with E-state index in [-0.39, 0.29) is 54.4 Å². The Morgan fingerprint density at radius 2 is 1.60 bits per heavy atom. The quantitative estimate of drug-likeness (QED) is 0.361. The van der Waals surface area contributed by atoms with Crippen molar-refractivity contribution >= 4 is 35.3 Å². The van der Waals surface area contributed by atoms with E-state index in [1.165, 1.54) is 0 Å². The average Bonchev–Trinajstić information content (AvgIpc) is 2.82. The van der Waals surface area contributed by atoms with Gasteiger partial charge in [-0.25, -0.2) is 4.98 Å². The number of hydrogen-bond donors (Lipinski definition) is 1. The third kappa shape index (κ3) is 7.29. The van der Waals surface area contributed by atoms with E-state index in [9.17, 15) is 24.9 Å². The van der Waals surface area contributed by atoms with Crippen LogP contribution in [-0.2, 0) is 23.9 Å². The van der Waals surface area contributed by atoms with Gasteiger partial charge in [-0.05, 0) is 26.3 Å². The molecule has 1 aromatic heterocycles. The van der Waals surface area contributed by atoms with Crippen molar-refractivity contribution in [1.29, 1.82) is 10.5 Å². The van der Waals surface area contributed by atoms with Gasteiger partial charge in [0.15, 0.2) is 0 Å². The van der Waals surface area contributed by atoms with Crippen molar-refractivity contribution in [3.8, 4) is 23.3 Å². The molecule has 0 aliphatic carbocycles. The summed E-state index contributed by atoms with van der Waals surface area (Å²) in [5, 5.41) is 18.8. The SMILES string of the molecule is CCOC(=O)CCC(=O)C(CC(=O)OCC)Sc1nc(N)c(C#N)c(-c2ccc(C)cc2)c1C#N. The number of aryl methyl sites for hydroxylation is 1. The Bertz CT molecular complexity index is 1180. The van der Waals surface area contributed by atoms with Crippen molar-refractivity contribution in [1.82, 2.24) is 4.98 Å². The minimum atomic E-state index is -0.985. The molecule has 0 spiro atoms. The van der Waals surface area contributed by atoms with E-state index in [0.29, 0.717) is 11.1 Å². The molecule has 0 saturated heterocycles. The standard InChI is InChI=1S/C25H26N4O5S/c1-4-33-21(31)11-10-19(30)20(12-22(32)34-5-2)35-25-18(14-27)23(17(13-26)24(28)29-25)16-8-6-15(3)7-9-16/h6-9,20H,4-5,10-12H2,1-3H3,(H2,28,29). The zero-order valence-electron chi connectivity index (χ0n) is 19.8. The number of anilines is 1. The van der Waals surface area contributed by atoms with Gasteiger partial charge in [-0.3, -0.25) is 14.4 Å². The fourth-order valence-electron chi connectivity index (χ4n) is 3.24. The molecule has 0 amide bonds. The Labute approximate surface area is 208 Å². The van der Waals surface area contributed by atoms with E-state index in [0.717, 1.165) is 17.3 Å². The molecule has 1 aromatic carbocycles. The Balaban J connectivity index is 2.51. The highest BCUT2D eigenvalue weighted by atomic mass is 32.2. The van der Waals surface area contributed by atoms with Crippen molar-refractivity contribution in [3.63, 3.8) is 0 Å². The van der Waals surface area contributed by atoms with E-state index in [4.69, 9.17) is 15.2 Å². The zero-order chi connectivity index (χ0) is 26.0. The van der Waals surface area contributed by atoms with Crippen molar-refractivity contribution in [3.05, 3.63) is 41.0 Å². The number of hydrogen-bond acceptors (Lipinski definition) is 10. The van der Waals surface area contributed by atoms with Crippen molar-refractivity contribution in [2.24, 2.45) is 0 Å². The summed E-state index contributed by atoms with van der Waals surface area (Å²) in [6, 6.07) is 11.3. The first-order valence-corrected chi connectivity index (χ1v) is 11.8. The number of rotatable bonds is 11. The van der Waals surface area contributed by atoms with E-state index in [2.05, 4.69) is 11.1 Å². The number of carbonyl (C=O) groups is 3. The fraction of sp³-hybridized carbons (Fsp3) is 0.360. The summed E-state index contributed by atoms with van der Waals surface area (Å²) < 4.78 is 9.86. The van der Waals surface area contributed by atoms with E-state index < -0.39 is 23.0 Å². The lowest BCUT2D eigenvalue weighted by atomic mass is 9.96. The van der Waals surface area contributed by atoms with Crippen LogP contribution in [0.25, 0.3) is 11.1 Å². The lowest BCUT2D eigenvalue weighted by Gasteiger charge is -2.18. The third-order valence-corrected chi connectivity index (χ3v) is 6.14. The highest BCUT2D eigenvalue weighted by Gasteiger charge is 2.28. The monoisotopic (exact) mass is 494 g/mol. The average molecular weight is 495 g/mol. The number of nitrogen functional groups attached to an aromatic ring is 1. The zero-order valence-corrected chi connectivity index (χ0v) is 20.6. The van der Waals surface area contributed by atoms with Crippen LogP contribution in [0.1, 0.15) is 49.8 Å². The van der Waals surface area contributed by atoms with Crippen LogP contribution in [-0.4, -0.2) is 41.2 Å². The molecule has 0 fully saturated rings. The number of benzene rings is 1. The predicted molar refractivity (Wildman–Crippen MR) is 130 cm³/mol. The number of ketones is 1. The minimum Gasteiger partial charge on any atom is -0.466 e. The molecular weight excluding hydrogens is 468 g/mol. The molecule has 1 unspecified atom stereocenters. The molecule has 0 aliphatic rings. The van der Waals surface area contributed by atoms with Gasteiger partial charge in [0.1, 0.15) is 34.3 Å². The predicted octanol–water partition coefficient (Wildman–Crippen LogP) is 3.71. The summed E-state index contributed by atoms with van der Waals surface area (Å²) in [6.07, 6.45) is -0.587. The Hall–Kier alpha value is -3.89. The molecule has 1 atom stereocenters. The molecule has 0 bridgehead atoms. The number of pyridine rings is 1. The molecule has 2 rings (SSSR count). The van der Waals surface area contributed by atoms with Crippen molar-refractivity contribution < 1.29 is 23.9 Å². The van der Waals surface area contributed by atoms with Crippen LogP contribution < -0.4 is 5.73 Å². The number of esters is 2. The molecule has 10 heteroatoms. The fourth-order valence-corrected chi connectivity index (χ4v) is 4.39. The number of nitrogens with zero attached hydrogens (tertiary/aromatic N) is 3. The maximum Gasteiger partial charge on any atom is 0.307 e. The van der Waals surface area contributed by atoms with Crippen LogP contribution >= 0.6 is 11.8 Å². The maximum atomic E-state index is 13.0. The first-order valence-electron chi connectivity index (χ1n) is 11.0. The second-order valence-corrected chi connectivity index (χ2v) is 8.60. The largest absolute Gasteiger partial charge is 0.466 e. The van der Waals surface area contributed by atoms with Gasteiger partial charge in [-0.15, -0.1) is 0 Å². The van der Waals surface area contributed by atoms with Crippen molar-refractivity contribution in [2.75, 3.05) is 18.9 Å². The van der Waals surface area contributed by atoms with E-state index >= 15 is 0 Å². The van der Waals surface area contributed by atoms with Crippen LogP contribution in [0.3, 0.4) is 0 Å². The second kappa shape index (κ2) is 13.1. The van der Waals surface area contributed by atoms with E-state index in [1.54, 1.807) is 26.0 Å². The number of nitrogens with two attached hydrogens (primary N) is 1. The first-order chi connectivity index (χ1) is 16.7. The van der Waals surface area contributed by atoms with Gasteiger partial charge in [0, 0.05) is 12.0 Å². The lowest BCUT2D eigenvalue weighted by molar-refractivity contribution is -0.144. The van der Waals surface area contributed by atoms with Crippen LogP contribution in [0.2, 0.25) is 0 Å². The first kappa shape index (κ1) is 27.4. The van der Waals surface area contributed by atoms with Gasteiger partial charge in [-0.1, -0.05) is 41.6 Å². The topological polar surface area (TPSA) is 156 Å². The number of nitriles is 2. The molecule has 1 heterocycles. The molecule has 0 saturated carbocycles. The third-order valence-electron chi connectivity index (χ3n) is 4.91. The van der Waals surface area contributed by atoms with Crippen LogP contribution in [0.5, 0.6) is 0 Å². The van der Waals surface area contributed by atoms with Gasteiger partial charge in [0.25, 0.3) is 0 Å². The molecule has 0 radical (unpaired) electrons. The normalized spacial score (nSPS) is 11.1. The summed E-state index contributed by atoms with van der Waals surface area (Å²) >= 11 is 0.887.